The molecule has 1 aromatic rings. The predicted octanol–water partition coefficient (Wildman–Crippen LogP) is 3.70. The van der Waals surface area contributed by atoms with Gasteiger partial charge in [-0.05, 0) is 30.0 Å². The molecule has 0 bridgehead atoms. The van der Waals surface area contributed by atoms with E-state index in [1.54, 1.807) is 0 Å². The summed E-state index contributed by atoms with van der Waals surface area (Å²) < 4.78 is 12.2. The van der Waals surface area contributed by atoms with Crippen molar-refractivity contribution in [3.05, 3.63) is 23.8 Å². The van der Waals surface area contributed by atoms with Gasteiger partial charge in [0.25, 0.3) is 0 Å². The molecule has 2 heterocycles. The van der Waals surface area contributed by atoms with Crippen molar-refractivity contribution in [2.75, 3.05) is 0 Å². The Labute approximate surface area is 114 Å². The quantitative estimate of drug-likeness (QED) is 0.711. The molecule has 0 aromatic heterocycles. The van der Waals surface area contributed by atoms with E-state index < -0.39 is 5.72 Å². The van der Waals surface area contributed by atoms with Crippen molar-refractivity contribution in [1.82, 2.24) is 0 Å². The standard InChI is InChI=1S/C16H21NO2/c1-10-8-14-16(5,17-10)19-13-9-11(15(2,3)4)6-7-12(13)18-14/h6-7,9,14H,8H2,1-5H3/t14-,16-/m1/s1. The smallest absolute Gasteiger partial charge is 0.234 e. The van der Waals surface area contributed by atoms with Crippen LogP contribution in [0, 0.1) is 0 Å². The van der Waals surface area contributed by atoms with Crippen LogP contribution in [0.25, 0.3) is 0 Å². The van der Waals surface area contributed by atoms with Crippen LogP contribution in [0.3, 0.4) is 0 Å². The van der Waals surface area contributed by atoms with Gasteiger partial charge in [0.1, 0.15) is 0 Å². The highest BCUT2D eigenvalue weighted by molar-refractivity contribution is 5.85. The minimum absolute atomic E-state index is 0.000451. The third-order valence-corrected chi connectivity index (χ3v) is 3.89. The van der Waals surface area contributed by atoms with Gasteiger partial charge in [-0.2, -0.15) is 0 Å². The minimum Gasteiger partial charge on any atom is -0.480 e. The molecule has 0 saturated heterocycles. The monoisotopic (exact) mass is 259 g/mol. The van der Waals surface area contributed by atoms with Crippen LogP contribution in [0.1, 0.15) is 46.6 Å². The van der Waals surface area contributed by atoms with E-state index in [-0.39, 0.29) is 11.5 Å². The van der Waals surface area contributed by atoms with Gasteiger partial charge < -0.3 is 9.47 Å². The summed E-state index contributed by atoms with van der Waals surface area (Å²) >= 11 is 0. The van der Waals surface area contributed by atoms with Gasteiger partial charge in [0, 0.05) is 19.1 Å². The van der Waals surface area contributed by atoms with Crippen LogP contribution >= 0.6 is 0 Å². The van der Waals surface area contributed by atoms with Crippen molar-refractivity contribution in [2.45, 2.75) is 58.3 Å². The van der Waals surface area contributed by atoms with E-state index in [0.29, 0.717) is 0 Å². The maximum absolute atomic E-state index is 6.14. The number of ether oxygens (including phenoxy) is 2. The van der Waals surface area contributed by atoms with Crippen molar-refractivity contribution in [1.29, 1.82) is 0 Å². The summed E-state index contributed by atoms with van der Waals surface area (Å²) in [5.74, 6) is 1.64. The van der Waals surface area contributed by atoms with Crippen LogP contribution in [0.4, 0.5) is 0 Å². The first-order chi connectivity index (χ1) is 8.78. The van der Waals surface area contributed by atoms with Gasteiger partial charge in [-0.15, -0.1) is 0 Å². The number of nitrogens with zero attached hydrogens (tertiary/aromatic N) is 1. The minimum atomic E-state index is -0.562. The fourth-order valence-electron chi connectivity index (χ4n) is 2.72. The molecule has 2 aliphatic rings. The van der Waals surface area contributed by atoms with Crippen molar-refractivity contribution in [2.24, 2.45) is 4.99 Å². The van der Waals surface area contributed by atoms with Crippen LogP contribution in [-0.2, 0) is 5.41 Å². The van der Waals surface area contributed by atoms with Crippen molar-refractivity contribution < 1.29 is 9.47 Å². The fourth-order valence-corrected chi connectivity index (χ4v) is 2.72. The molecule has 3 nitrogen and oxygen atoms in total. The second-order valence-corrected chi connectivity index (χ2v) is 6.73. The Hall–Kier alpha value is -1.51. The second kappa shape index (κ2) is 3.75. The van der Waals surface area contributed by atoms with Gasteiger partial charge in [-0.25, -0.2) is 4.99 Å². The first kappa shape index (κ1) is 12.5. The molecule has 0 saturated carbocycles. The lowest BCUT2D eigenvalue weighted by Crippen LogP contribution is -2.46. The molecule has 3 rings (SSSR count). The Kier molecular flexibility index (Phi) is 2.47. The first-order valence-corrected chi connectivity index (χ1v) is 6.83. The lowest BCUT2D eigenvalue weighted by atomic mass is 9.87. The molecule has 1 aromatic carbocycles. The van der Waals surface area contributed by atoms with E-state index in [1.165, 1.54) is 5.56 Å². The van der Waals surface area contributed by atoms with E-state index in [9.17, 15) is 0 Å². The van der Waals surface area contributed by atoms with Gasteiger partial charge >= 0.3 is 0 Å². The van der Waals surface area contributed by atoms with Crippen molar-refractivity contribution >= 4 is 5.71 Å². The van der Waals surface area contributed by atoms with Gasteiger partial charge in [-0.3, -0.25) is 0 Å². The first-order valence-electron chi connectivity index (χ1n) is 6.83. The number of rotatable bonds is 0. The number of hydrogen-bond acceptors (Lipinski definition) is 3. The van der Waals surface area contributed by atoms with Crippen LogP contribution < -0.4 is 9.47 Å². The van der Waals surface area contributed by atoms with Gasteiger partial charge in [0.05, 0.1) is 0 Å². The maximum Gasteiger partial charge on any atom is 0.234 e. The van der Waals surface area contributed by atoms with Gasteiger partial charge in [-0.1, -0.05) is 26.8 Å². The van der Waals surface area contributed by atoms with E-state index in [2.05, 4.69) is 37.9 Å². The van der Waals surface area contributed by atoms with Crippen molar-refractivity contribution in [3.8, 4) is 11.5 Å². The molecule has 0 aliphatic carbocycles. The summed E-state index contributed by atoms with van der Waals surface area (Å²) in [5.41, 5.74) is 1.88. The lowest BCUT2D eigenvalue weighted by Gasteiger charge is -2.36. The summed E-state index contributed by atoms with van der Waals surface area (Å²) in [6.07, 6.45) is 0.845. The summed E-state index contributed by atoms with van der Waals surface area (Å²) in [6, 6.07) is 6.22. The number of fused-ring (bicyclic) bond motifs is 2. The Balaban J connectivity index is 2.00. The van der Waals surface area contributed by atoms with Crippen LogP contribution in [-0.4, -0.2) is 17.5 Å². The van der Waals surface area contributed by atoms with E-state index in [4.69, 9.17) is 9.47 Å². The summed E-state index contributed by atoms with van der Waals surface area (Å²) in [5, 5.41) is 0. The topological polar surface area (TPSA) is 30.8 Å². The molecule has 19 heavy (non-hydrogen) atoms. The molecule has 0 spiro atoms. The molecular weight excluding hydrogens is 238 g/mol. The Morgan fingerprint density at radius 1 is 1.26 bits per heavy atom. The molecule has 2 atom stereocenters. The number of hydrogen-bond donors (Lipinski definition) is 0. The van der Waals surface area contributed by atoms with Crippen molar-refractivity contribution in [3.63, 3.8) is 0 Å². The second-order valence-electron chi connectivity index (χ2n) is 6.73. The zero-order valence-corrected chi connectivity index (χ0v) is 12.3. The normalized spacial score (nSPS) is 28.9. The summed E-state index contributed by atoms with van der Waals surface area (Å²) in [4.78, 5) is 4.60. The number of benzene rings is 1. The van der Waals surface area contributed by atoms with Gasteiger partial charge in [0.2, 0.25) is 5.72 Å². The molecule has 3 heteroatoms. The summed E-state index contributed by atoms with van der Waals surface area (Å²) in [7, 11) is 0. The maximum atomic E-state index is 6.14. The van der Waals surface area contributed by atoms with Gasteiger partial charge in [0.15, 0.2) is 17.6 Å². The third kappa shape index (κ3) is 2.01. The molecule has 0 amide bonds. The van der Waals surface area contributed by atoms with E-state index in [0.717, 1.165) is 23.6 Å². The molecule has 0 fully saturated rings. The highest BCUT2D eigenvalue weighted by Gasteiger charge is 2.46. The largest absolute Gasteiger partial charge is 0.480 e. The average Bonchev–Trinajstić information content (AvgIpc) is 2.56. The third-order valence-electron chi connectivity index (χ3n) is 3.89. The SMILES string of the molecule is CC1=N[C@]2(C)Oc3cc(C(C)(C)C)ccc3O[C@@H]2C1. The molecule has 2 aliphatic heterocycles. The Morgan fingerprint density at radius 2 is 2.00 bits per heavy atom. The predicted molar refractivity (Wildman–Crippen MR) is 76.3 cm³/mol. The fraction of sp³-hybridized carbons (Fsp3) is 0.562. The highest BCUT2D eigenvalue weighted by Crippen LogP contribution is 2.44. The number of aliphatic imine (C=N–C) groups is 1. The molecule has 0 radical (unpaired) electrons. The zero-order chi connectivity index (χ0) is 13.8. The van der Waals surface area contributed by atoms with Crippen LogP contribution in [0.5, 0.6) is 11.5 Å². The molecule has 0 unspecified atom stereocenters. The highest BCUT2D eigenvalue weighted by atomic mass is 16.6. The molecule has 0 N–H and O–H groups in total. The lowest BCUT2D eigenvalue weighted by molar-refractivity contribution is -0.0353. The van der Waals surface area contributed by atoms with E-state index in [1.807, 2.05) is 19.9 Å². The Morgan fingerprint density at radius 3 is 2.68 bits per heavy atom. The Bertz CT molecular complexity index is 556. The molecular formula is C16H21NO2. The zero-order valence-electron chi connectivity index (χ0n) is 12.3. The van der Waals surface area contributed by atoms with E-state index >= 15 is 0 Å². The molecule has 102 valence electrons. The summed E-state index contributed by atoms with van der Waals surface area (Å²) in [6.45, 7) is 10.6. The van der Waals surface area contributed by atoms with Crippen LogP contribution in [0.15, 0.2) is 23.2 Å². The van der Waals surface area contributed by atoms with Crippen LogP contribution in [0.2, 0.25) is 0 Å². The average molecular weight is 259 g/mol.